The summed E-state index contributed by atoms with van der Waals surface area (Å²) in [4.78, 5) is 21.4. The van der Waals surface area contributed by atoms with Gasteiger partial charge in [0.15, 0.2) is 0 Å². The zero-order valence-electron chi connectivity index (χ0n) is 16.3. The lowest BCUT2D eigenvalue weighted by Crippen LogP contribution is -2.25. The van der Waals surface area contributed by atoms with Gasteiger partial charge in [-0.1, -0.05) is 6.07 Å². The first-order valence-corrected chi connectivity index (χ1v) is 9.71. The number of nitrogens with zero attached hydrogens (tertiary/aromatic N) is 4. The Balaban J connectivity index is 1.76. The van der Waals surface area contributed by atoms with E-state index < -0.39 is 5.95 Å². The van der Waals surface area contributed by atoms with Crippen LogP contribution in [0.3, 0.4) is 0 Å². The van der Waals surface area contributed by atoms with Gasteiger partial charge in [-0.3, -0.25) is 14.1 Å². The number of benzene rings is 1. The summed E-state index contributed by atoms with van der Waals surface area (Å²) in [6.45, 7) is 0. The molecule has 0 spiro atoms. The highest BCUT2D eigenvalue weighted by molar-refractivity contribution is 6.04. The van der Waals surface area contributed by atoms with Crippen LogP contribution in [0.5, 0.6) is 0 Å². The third-order valence-corrected chi connectivity index (χ3v) is 6.03. The standard InChI is InChI=1S/C22H21FN4O2/c1-26-19-12-24-18-7-3-13(14-4-8-20(23)25-11-14)9-17(18)21(19)27(22(26)28)15-5-6-16(10-15)29-2/h3-4,7-9,11-12,15-16H,5-6,10H2,1-2H3/t15-,16-/m1/s1. The number of hydrogen-bond donors (Lipinski definition) is 0. The van der Waals surface area contributed by atoms with Crippen molar-refractivity contribution in [2.75, 3.05) is 7.11 Å². The van der Waals surface area contributed by atoms with Gasteiger partial charge in [0.1, 0.15) is 0 Å². The maximum Gasteiger partial charge on any atom is 0.329 e. The summed E-state index contributed by atoms with van der Waals surface area (Å²) in [6, 6.07) is 9.03. The second kappa shape index (κ2) is 6.77. The van der Waals surface area contributed by atoms with E-state index in [9.17, 15) is 9.18 Å². The summed E-state index contributed by atoms with van der Waals surface area (Å²) in [7, 11) is 3.51. The number of aromatic nitrogens is 4. The Bertz CT molecular complexity index is 1280. The average molecular weight is 392 g/mol. The zero-order valence-corrected chi connectivity index (χ0v) is 16.3. The van der Waals surface area contributed by atoms with E-state index in [4.69, 9.17) is 4.74 Å². The van der Waals surface area contributed by atoms with Crippen molar-refractivity contribution in [1.29, 1.82) is 0 Å². The molecule has 1 aromatic carbocycles. The van der Waals surface area contributed by atoms with E-state index in [1.54, 1.807) is 31.0 Å². The van der Waals surface area contributed by atoms with E-state index in [1.807, 2.05) is 22.8 Å². The molecule has 1 aliphatic rings. The number of aryl methyl sites for hydroxylation is 1. The van der Waals surface area contributed by atoms with E-state index in [-0.39, 0.29) is 17.8 Å². The van der Waals surface area contributed by atoms with Crippen molar-refractivity contribution < 1.29 is 9.13 Å². The maximum absolute atomic E-state index is 13.2. The SMILES string of the molecule is CO[C@@H]1CC[C@@H](n2c(=O)n(C)c3cnc4ccc(-c5ccc(F)nc5)cc4c32)C1. The van der Waals surface area contributed by atoms with Crippen LogP contribution in [-0.2, 0) is 11.8 Å². The molecule has 2 atom stereocenters. The van der Waals surface area contributed by atoms with Crippen molar-refractivity contribution in [1.82, 2.24) is 19.1 Å². The van der Waals surface area contributed by atoms with Gasteiger partial charge in [0.05, 0.1) is 28.9 Å². The van der Waals surface area contributed by atoms with Gasteiger partial charge in [-0.15, -0.1) is 0 Å². The number of ether oxygens (including phenoxy) is 1. The fraction of sp³-hybridized carbons (Fsp3) is 0.318. The van der Waals surface area contributed by atoms with Gasteiger partial charge in [-0.25, -0.2) is 9.78 Å². The smallest absolute Gasteiger partial charge is 0.329 e. The van der Waals surface area contributed by atoms with Crippen LogP contribution in [0, 0.1) is 5.95 Å². The molecule has 148 valence electrons. The number of fused-ring (bicyclic) bond motifs is 3. The number of hydrogen-bond acceptors (Lipinski definition) is 4. The van der Waals surface area contributed by atoms with Crippen molar-refractivity contribution >= 4 is 21.9 Å². The summed E-state index contributed by atoms with van der Waals surface area (Å²) in [5, 5.41) is 0.905. The minimum atomic E-state index is -0.510. The van der Waals surface area contributed by atoms with Crippen molar-refractivity contribution in [2.45, 2.75) is 31.4 Å². The third kappa shape index (κ3) is 2.84. The Morgan fingerprint density at radius 3 is 2.66 bits per heavy atom. The van der Waals surface area contributed by atoms with E-state index in [2.05, 4.69) is 9.97 Å². The lowest BCUT2D eigenvalue weighted by molar-refractivity contribution is 0.106. The van der Waals surface area contributed by atoms with Crippen LogP contribution in [0.1, 0.15) is 25.3 Å². The molecule has 7 heteroatoms. The molecule has 1 saturated carbocycles. The monoisotopic (exact) mass is 392 g/mol. The van der Waals surface area contributed by atoms with Crippen LogP contribution in [0.25, 0.3) is 33.1 Å². The molecule has 0 aliphatic heterocycles. The van der Waals surface area contributed by atoms with Gasteiger partial charge in [0, 0.05) is 37.3 Å². The molecule has 1 fully saturated rings. The molecule has 3 heterocycles. The molecule has 0 amide bonds. The molecule has 5 rings (SSSR count). The normalized spacial score (nSPS) is 19.4. The molecule has 6 nitrogen and oxygen atoms in total. The number of imidazole rings is 1. The quantitative estimate of drug-likeness (QED) is 0.497. The second-order valence-electron chi connectivity index (χ2n) is 7.63. The Morgan fingerprint density at radius 2 is 1.93 bits per heavy atom. The number of methoxy groups -OCH3 is 1. The molecular formula is C22H21FN4O2. The fourth-order valence-corrected chi connectivity index (χ4v) is 4.46. The topological polar surface area (TPSA) is 61.9 Å². The summed E-state index contributed by atoms with van der Waals surface area (Å²) in [5.41, 5.74) is 4.19. The minimum absolute atomic E-state index is 0.0371. The van der Waals surface area contributed by atoms with E-state index in [1.165, 1.54) is 12.3 Å². The molecule has 0 bridgehead atoms. The minimum Gasteiger partial charge on any atom is -0.381 e. The van der Waals surface area contributed by atoms with Gasteiger partial charge in [0.2, 0.25) is 5.95 Å². The van der Waals surface area contributed by atoms with Crippen LogP contribution in [0.4, 0.5) is 4.39 Å². The van der Waals surface area contributed by atoms with Gasteiger partial charge >= 0.3 is 5.69 Å². The fourth-order valence-electron chi connectivity index (χ4n) is 4.46. The highest BCUT2D eigenvalue weighted by Crippen LogP contribution is 2.35. The summed E-state index contributed by atoms with van der Waals surface area (Å²) >= 11 is 0. The van der Waals surface area contributed by atoms with E-state index in [0.717, 1.165) is 52.3 Å². The summed E-state index contributed by atoms with van der Waals surface area (Å²) < 4.78 is 22.3. The Labute approximate surface area is 166 Å². The average Bonchev–Trinajstić information content (AvgIpc) is 3.31. The van der Waals surface area contributed by atoms with Crippen LogP contribution < -0.4 is 5.69 Å². The Morgan fingerprint density at radius 1 is 1.10 bits per heavy atom. The lowest BCUT2D eigenvalue weighted by Gasteiger charge is -2.14. The third-order valence-electron chi connectivity index (χ3n) is 6.03. The molecule has 3 aromatic heterocycles. The molecular weight excluding hydrogens is 371 g/mol. The van der Waals surface area contributed by atoms with Crippen molar-refractivity contribution in [3.05, 3.63) is 59.2 Å². The van der Waals surface area contributed by atoms with Crippen LogP contribution >= 0.6 is 0 Å². The number of rotatable bonds is 3. The first kappa shape index (κ1) is 18.0. The maximum atomic E-state index is 13.2. The molecule has 0 saturated heterocycles. The lowest BCUT2D eigenvalue weighted by atomic mass is 10.0. The molecule has 4 aromatic rings. The van der Waals surface area contributed by atoms with E-state index >= 15 is 0 Å². The highest BCUT2D eigenvalue weighted by atomic mass is 19.1. The van der Waals surface area contributed by atoms with E-state index in [0.29, 0.717) is 0 Å². The molecule has 1 aliphatic carbocycles. The van der Waals surface area contributed by atoms with Gasteiger partial charge in [-0.05, 0) is 49.1 Å². The predicted octanol–water partition coefficient (Wildman–Crippen LogP) is 3.83. The summed E-state index contributed by atoms with van der Waals surface area (Å²) in [6.07, 6.45) is 6.12. The van der Waals surface area contributed by atoms with Crippen molar-refractivity contribution in [2.24, 2.45) is 7.05 Å². The Kier molecular flexibility index (Phi) is 4.20. The van der Waals surface area contributed by atoms with Gasteiger partial charge in [-0.2, -0.15) is 4.39 Å². The highest BCUT2D eigenvalue weighted by Gasteiger charge is 2.29. The molecule has 29 heavy (non-hydrogen) atoms. The predicted molar refractivity (Wildman–Crippen MR) is 109 cm³/mol. The number of pyridine rings is 2. The Hall–Kier alpha value is -3.06. The summed E-state index contributed by atoms with van der Waals surface area (Å²) in [5.74, 6) is -0.510. The second-order valence-corrected chi connectivity index (χ2v) is 7.63. The first-order chi connectivity index (χ1) is 14.1. The van der Waals surface area contributed by atoms with Crippen LogP contribution in [0.2, 0.25) is 0 Å². The van der Waals surface area contributed by atoms with Crippen LogP contribution in [-0.4, -0.2) is 32.3 Å². The molecule has 0 radical (unpaired) electrons. The first-order valence-electron chi connectivity index (χ1n) is 9.71. The van der Waals surface area contributed by atoms with Crippen molar-refractivity contribution in [3.63, 3.8) is 0 Å². The van der Waals surface area contributed by atoms with Crippen molar-refractivity contribution in [3.8, 4) is 11.1 Å². The zero-order chi connectivity index (χ0) is 20.1. The largest absolute Gasteiger partial charge is 0.381 e. The van der Waals surface area contributed by atoms with Gasteiger partial charge < -0.3 is 4.74 Å². The number of halogens is 1. The van der Waals surface area contributed by atoms with Gasteiger partial charge in [0.25, 0.3) is 0 Å². The van der Waals surface area contributed by atoms with Crippen LogP contribution in [0.15, 0.2) is 47.5 Å². The molecule has 0 N–H and O–H groups in total. The molecule has 0 unspecified atom stereocenters.